The molecule has 2 bridgehead atoms. The van der Waals surface area contributed by atoms with E-state index in [2.05, 4.69) is 13.2 Å². The van der Waals surface area contributed by atoms with Crippen molar-refractivity contribution in [1.29, 1.82) is 5.26 Å². The number of fused-ring (bicyclic) bond motifs is 2. The average molecular weight is 336 g/mol. The molecule has 0 radical (unpaired) electrons. The van der Waals surface area contributed by atoms with Gasteiger partial charge in [0.15, 0.2) is 0 Å². The zero-order chi connectivity index (χ0) is 18.0. The largest absolute Gasteiger partial charge is 0.333 e. The first-order valence-corrected chi connectivity index (χ1v) is 8.54. The minimum absolute atomic E-state index is 0.0727. The molecule has 1 amide bonds. The van der Waals surface area contributed by atoms with Gasteiger partial charge in [-0.15, -0.1) is 0 Å². The molecule has 1 aromatic carbocycles. The number of benzene rings is 1. The Hall–Kier alpha value is -2.67. The third kappa shape index (κ3) is 3.41. The molecule has 25 heavy (non-hydrogen) atoms. The summed E-state index contributed by atoms with van der Waals surface area (Å²) >= 11 is 0. The molecule has 2 aliphatic heterocycles. The Morgan fingerprint density at radius 2 is 1.84 bits per heavy atom. The van der Waals surface area contributed by atoms with Crippen molar-refractivity contribution in [3.63, 3.8) is 0 Å². The van der Waals surface area contributed by atoms with Crippen LogP contribution < -0.4 is 0 Å². The Kier molecular flexibility index (Phi) is 4.85. The van der Waals surface area contributed by atoms with Crippen LogP contribution in [0.2, 0.25) is 0 Å². The molecule has 0 spiro atoms. The van der Waals surface area contributed by atoms with Gasteiger partial charge in [0.1, 0.15) is 5.82 Å². The summed E-state index contributed by atoms with van der Waals surface area (Å²) in [6.07, 6.45) is 6.74. The van der Waals surface area contributed by atoms with E-state index < -0.39 is 0 Å². The first-order chi connectivity index (χ1) is 12.0. The maximum atomic E-state index is 13.2. The van der Waals surface area contributed by atoms with Gasteiger partial charge in [-0.25, -0.2) is 4.39 Å². The van der Waals surface area contributed by atoms with Crippen molar-refractivity contribution in [2.24, 2.45) is 0 Å². The van der Waals surface area contributed by atoms with Gasteiger partial charge in [0.2, 0.25) is 0 Å². The van der Waals surface area contributed by atoms with Crippen LogP contribution in [0.25, 0.3) is 0 Å². The lowest BCUT2D eigenvalue weighted by atomic mass is 9.84. The Morgan fingerprint density at radius 1 is 1.24 bits per heavy atom. The molecular weight excluding hydrogens is 315 g/mol. The van der Waals surface area contributed by atoms with Crippen LogP contribution in [0.15, 0.2) is 60.7 Å². The minimum atomic E-state index is -0.224. The summed E-state index contributed by atoms with van der Waals surface area (Å²) in [5.41, 5.74) is 1.81. The predicted molar refractivity (Wildman–Crippen MR) is 95.1 cm³/mol. The van der Waals surface area contributed by atoms with Gasteiger partial charge in [0.05, 0.1) is 6.07 Å². The van der Waals surface area contributed by atoms with Crippen molar-refractivity contribution in [1.82, 2.24) is 4.90 Å². The Labute approximate surface area is 147 Å². The minimum Gasteiger partial charge on any atom is -0.333 e. The number of carbonyl (C=O) groups is 1. The molecule has 2 unspecified atom stereocenters. The van der Waals surface area contributed by atoms with E-state index in [0.29, 0.717) is 11.5 Å². The van der Waals surface area contributed by atoms with Crippen LogP contribution in [-0.2, 0) is 4.79 Å². The van der Waals surface area contributed by atoms with E-state index in [1.54, 1.807) is 0 Å². The first-order valence-electron chi connectivity index (χ1n) is 8.54. The number of amides is 1. The van der Waals surface area contributed by atoms with Crippen molar-refractivity contribution in [3.05, 3.63) is 72.1 Å². The fourth-order valence-electron chi connectivity index (χ4n) is 4.09. The lowest BCUT2D eigenvalue weighted by Crippen LogP contribution is -2.46. The molecule has 0 saturated carbocycles. The smallest absolute Gasteiger partial charge is 0.254 e. The van der Waals surface area contributed by atoms with Crippen LogP contribution in [0.1, 0.15) is 37.2 Å². The molecule has 2 saturated heterocycles. The van der Waals surface area contributed by atoms with Crippen LogP contribution in [0.5, 0.6) is 0 Å². The predicted octanol–water partition coefficient (Wildman–Crippen LogP) is 4.25. The molecule has 128 valence electrons. The third-order valence-electron chi connectivity index (χ3n) is 5.25. The summed E-state index contributed by atoms with van der Waals surface area (Å²) in [7, 11) is 0. The summed E-state index contributed by atoms with van der Waals surface area (Å²) in [5, 5.41) is 8.89. The number of hydrogen-bond acceptors (Lipinski definition) is 2. The Balaban J connectivity index is 1.78. The molecule has 1 aromatic rings. The number of allylic oxidation sites excluding steroid dienone is 2. The van der Waals surface area contributed by atoms with Gasteiger partial charge in [-0.2, -0.15) is 5.26 Å². The van der Waals surface area contributed by atoms with Gasteiger partial charge in [-0.3, -0.25) is 4.79 Å². The van der Waals surface area contributed by atoms with Crippen molar-refractivity contribution >= 4 is 5.91 Å². The molecule has 2 atom stereocenters. The summed E-state index contributed by atoms with van der Waals surface area (Å²) in [5.74, 6) is 0.0571. The molecular formula is C21H21FN2O. The number of rotatable bonds is 4. The maximum Gasteiger partial charge on any atom is 0.254 e. The lowest BCUT2D eigenvalue weighted by molar-refractivity contribution is -0.131. The second kappa shape index (κ2) is 7.06. The maximum absolute atomic E-state index is 13.2. The topological polar surface area (TPSA) is 44.1 Å². The number of halogens is 1. The molecule has 0 aliphatic carbocycles. The molecule has 0 aromatic heterocycles. The van der Waals surface area contributed by atoms with E-state index >= 15 is 0 Å². The molecule has 3 nitrogen and oxygen atoms in total. The van der Waals surface area contributed by atoms with E-state index in [-0.39, 0.29) is 29.4 Å². The van der Waals surface area contributed by atoms with Crippen molar-refractivity contribution < 1.29 is 9.18 Å². The summed E-state index contributed by atoms with van der Waals surface area (Å²) in [6, 6.07) is 9.00. The first kappa shape index (κ1) is 17.2. The molecule has 0 N–H and O–H groups in total. The van der Waals surface area contributed by atoms with Gasteiger partial charge < -0.3 is 4.90 Å². The highest BCUT2D eigenvalue weighted by molar-refractivity contribution is 5.97. The van der Waals surface area contributed by atoms with Crippen molar-refractivity contribution in [2.45, 2.75) is 43.7 Å². The molecule has 3 rings (SSSR count). The molecule has 2 fully saturated rings. The summed E-state index contributed by atoms with van der Waals surface area (Å²) in [6.45, 7) is 7.32. The van der Waals surface area contributed by atoms with E-state index in [0.717, 1.165) is 31.2 Å². The van der Waals surface area contributed by atoms with Gasteiger partial charge in [-0.05, 0) is 55.4 Å². The van der Waals surface area contributed by atoms with Crippen LogP contribution in [0.4, 0.5) is 4.39 Å². The second-order valence-electron chi connectivity index (χ2n) is 6.76. The Morgan fingerprint density at radius 3 is 2.36 bits per heavy atom. The van der Waals surface area contributed by atoms with Crippen LogP contribution in [0, 0.1) is 17.1 Å². The number of nitriles is 1. The quantitative estimate of drug-likeness (QED) is 0.468. The monoisotopic (exact) mass is 336 g/mol. The van der Waals surface area contributed by atoms with Crippen molar-refractivity contribution in [2.75, 3.05) is 0 Å². The number of nitrogens with zero attached hydrogens (tertiary/aromatic N) is 2. The molecule has 4 heteroatoms. The van der Waals surface area contributed by atoms with Crippen molar-refractivity contribution in [3.8, 4) is 6.07 Å². The highest BCUT2D eigenvalue weighted by Gasteiger charge is 2.43. The van der Waals surface area contributed by atoms with E-state index in [4.69, 9.17) is 5.26 Å². The van der Waals surface area contributed by atoms with Crippen LogP contribution >= 0.6 is 0 Å². The van der Waals surface area contributed by atoms with E-state index in [9.17, 15) is 9.18 Å². The zero-order valence-corrected chi connectivity index (χ0v) is 14.1. The highest BCUT2D eigenvalue weighted by atomic mass is 19.1. The fraction of sp³-hybridized carbons (Fsp3) is 0.333. The average Bonchev–Trinajstić information content (AvgIpc) is 2.89. The normalized spacial score (nSPS) is 25.4. The van der Waals surface area contributed by atoms with Crippen LogP contribution in [0.3, 0.4) is 0 Å². The van der Waals surface area contributed by atoms with Crippen LogP contribution in [-0.4, -0.2) is 22.9 Å². The number of piperidine rings is 1. The SMILES string of the molecule is C=C/C(=C\C(=C)C#N)C(=O)N1C2CCC1CC(c1ccc(F)cc1)C2. The molecule has 2 aliphatic rings. The number of hydrogen-bond donors (Lipinski definition) is 0. The highest BCUT2D eigenvalue weighted by Crippen LogP contribution is 2.43. The summed E-state index contributed by atoms with van der Waals surface area (Å²) < 4.78 is 13.2. The Bertz CT molecular complexity index is 758. The van der Waals surface area contributed by atoms with Gasteiger partial charge in [0, 0.05) is 23.2 Å². The zero-order valence-electron chi connectivity index (χ0n) is 14.1. The number of carbonyl (C=O) groups excluding carboxylic acids is 1. The van der Waals surface area contributed by atoms with E-state index in [1.165, 1.54) is 24.3 Å². The lowest BCUT2D eigenvalue weighted by Gasteiger charge is -2.39. The van der Waals surface area contributed by atoms with Gasteiger partial charge in [0.25, 0.3) is 5.91 Å². The van der Waals surface area contributed by atoms with E-state index in [1.807, 2.05) is 23.1 Å². The third-order valence-corrected chi connectivity index (χ3v) is 5.25. The summed E-state index contributed by atoms with van der Waals surface area (Å²) in [4.78, 5) is 14.9. The second-order valence-corrected chi connectivity index (χ2v) is 6.76. The van der Waals surface area contributed by atoms with Gasteiger partial charge in [-0.1, -0.05) is 31.4 Å². The standard InChI is InChI=1S/C21H21FN2O/c1-3-15(10-14(2)13-23)21(25)24-19-8-9-20(24)12-17(11-19)16-4-6-18(22)7-5-16/h3-7,10,17,19-20H,1-2,8-9,11-12H2/b15-10+. The molecule has 2 heterocycles. The fourth-order valence-corrected chi connectivity index (χ4v) is 4.09. The van der Waals surface area contributed by atoms with Gasteiger partial charge >= 0.3 is 0 Å².